The monoisotopic (exact) mass is 531 g/mol. The van der Waals surface area contributed by atoms with Gasteiger partial charge in [0.1, 0.15) is 12.4 Å². The van der Waals surface area contributed by atoms with Crippen LogP contribution in [0.4, 0.5) is 4.79 Å². The number of aliphatic hydroxyl groups excluding tert-OH is 1. The van der Waals surface area contributed by atoms with E-state index in [4.69, 9.17) is 9.47 Å². The number of aryl methyl sites for hydroxylation is 1. The van der Waals surface area contributed by atoms with Crippen molar-refractivity contribution in [3.63, 3.8) is 0 Å². The van der Waals surface area contributed by atoms with E-state index < -0.39 is 12.1 Å². The van der Waals surface area contributed by atoms with Crippen LogP contribution in [-0.2, 0) is 20.8 Å². The molecule has 0 bridgehead atoms. The third kappa shape index (κ3) is 6.05. The van der Waals surface area contributed by atoms with Crippen LogP contribution in [0.2, 0.25) is 0 Å². The number of nitrogens with zero attached hydrogens (tertiary/aromatic N) is 3. The molecule has 5 rings (SSSR count). The van der Waals surface area contributed by atoms with E-state index in [-0.39, 0.29) is 18.2 Å². The minimum absolute atomic E-state index is 0.0247. The number of cyclic esters (lactones) is 1. The Labute approximate surface area is 227 Å². The Morgan fingerprint density at radius 1 is 1.08 bits per heavy atom. The van der Waals surface area contributed by atoms with E-state index in [9.17, 15) is 14.7 Å². The van der Waals surface area contributed by atoms with Crippen LogP contribution in [0.3, 0.4) is 0 Å². The van der Waals surface area contributed by atoms with Gasteiger partial charge in [0.15, 0.2) is 6.10 Å². The second kappa shape index (κ2) is 11.8. The van der Waals surface area contributed by atoms with Crippen LogP contribution >= 0.6 is 0 Å². The second-order valence-electron chi connectivity index (χ2n) is 9.91. The highest BCUT2D eigenvalue weighted by Crippen LogP contribution is 2.33. The predicted molar refractivity (Wildman–Crippen MR) is 143 cm³/mol. The number of benzene rings is 2. The van der Waals surface area contributed by atoms with Crippen molar-refractivity contribution < 1.29 is 28.9 Å². The maximum absolute atomic E-state index is 12.6. The molecule has 1 amide bonds. The van der Waals surface area contributed by atoms with E-state index >= 15 is 0 Å². The van der Waals surface area contributed by atoms with Crippen molar-refractivity contribution in [3.05, 3.63) is 89.1 Å². The van der Waals surface area contributed by atoms with Gasteiger partial charge in [0, 0.05) is 37.4 Å². The molecule has 2 atom stereocenters. The predicted octanol–water partition coefficient (Wildman–Crippen LogP) is 4.55. The summed E-state index contributed by atoms with van der Waals surface area (Å²) in [6.07, 6.45) is 0.245. The van der Waals surface area contributed by atoms with E-state index in [0.29, 0.717) is 23.8 Å². The van der Waals surface area contributed by atoms with Crippen LogP contribution < -0.4 is 4.74 Å². The molecule has 1 unspecified atom stereocenters. The normalized spacial score (nSPS) is 19.0. The van der Waals surface area contributed by atoms with Crippen LogP contribution in [-0.4, -0.2) is 64.8 Å². The fourth-order valence-electron chi connectivity index (χ4n) is 5.24. The lowest BCUT2D eigenvalue weighted by Crippen LogP contribution is -2.46. The number of hydrogen-bond acceptors (Lipinski definition) is 8. The Balaban J connectivity index is 1.16. The van der Waals surface area contributed by atoms with Crippen molar-refractivity contribution in [2.45, 2.75) is 44.5 Å². The number of carbonyl (C=O) groups is 2. The molecule has 1 N–H and O–H groups in total. The minimum atomic E-state index is -1.33. The summed E-state index contributed by atoms with van der Waals surface area (Å²) in [5.74, 6) is 0.304. The van der Waals surface area contributed by atoms with Crippen LogP contribution in [0.5, 0.6) is 11.6 Å². The molecule has 2 saturated heterocycles. The number of aromatic nitrogens is 1. The Hall–Kier alpha value is -3.95. The number of esters is 1. The number of likely N-dealkylation sites (tertiary alicyclic amines) is 1. The lowest BCUT2D eigenvalue weighted by molar-refractivity contribution is -0.150. The van der Waals surface area contributed by atoms with E-state index in [2.05, 4.69) is 26.8 Å². The largest absolute Gasteiger partial charge is 0.467 e. The Bertz CT molecular complexity index is 1290. The smallest absolute Gasteiger partial charge is 0.410 e. The summed E-state index contributed by atoms with van der Waals surface area (Å²) in [6, 6.07) is 20.7. The quantitative estimate of drug-likeness (QED) is 0.423. The lowest BCUT2D eigenvalue weighted by atomic mass is 9.98. The summed E-state index contributed by atoms with van der Waals surface area (Å²) >= 11 is 0. The highest BCUT2D eigenvalue weighted by molar-refractivity contribution is 5.76. The first-order valence-corrected chi connectivity index (χ1v) is 13.2. The van der Waals surface area contributed by atoms with Gasteiger partial charge in [-0.1, -0.05) is 48.5 Å². The number of piperidine rings is 1. The Morgan fingerprint density at radius 3 is 2.46 bits per heavy atom. The molecule has 0 saturated carbocycles. The van der Waals surface area contributed by atoms with Gasteiger partial charge in [-0.2, -0.15) is 0 Å². The average Bonchev–Trinajstić information content (AvgIpc) is 3.36. The van der Waals surface area contributed by atoms with Crippen molar-refractivity contribution in [1.29, 1.82) is 0 Å². The first kappa shape index (κ1) is 26.6. The number of pyridine rings is 1. The second-order valence-corrected chi connectivity index (χ2v) is 9.91. The number of methoxy groups -OCH3 is 1. The summed E-state index contributed by atoms with van der Waals surface area (Å²) in [5, 5.41) is 9.96. The van der Waals surface area contributed by atoms with Crippen LogP contribution in [0.25, 0.3) is 0 Å². The average molecular weight is 532 g/mol. The number of aliphatic hydroxyl groups is 1. The number of hydrogen-bond donors (Lipinski definition) is 1. The summed E-state index contributed by atoms with van der Waals surface area (Å²) in [4.78, 5) is 33.0. The molecule has 2 fully saturated rings. The molecule has 0 spiro atoms. The summed E-state index contributed by atoms with van der Waals surface area (Å²) in [6.45, 7) is 4.92. The molecule has 9 heteroatoms. The molecular formula is C30H33N3O6. The van der Waals surface area contributed by atoms with Gasteiger partial charge in [0.05, 0.1) is 13.2 Å². The van der Waals surface area contributed by atoms with E-state index in [0.717, 1.165) is 49.3 Å². The molecule has 0 radical (unpaired) electrons. The van der Waals surface area contributed by atoms with E-state index in [1.807, 2.05) is 42.2 Å². The molecule has 1 aromatic heterocycles. The highest BCUT2D eigenvalue weighted by Gasteiger charge is 2.40. The highest BCUT2D eigenvalue weighted by atomic mass is 16.6. The minimum Gasteiger partial charge on any atom is -0.467 e. The van der Waals surface area contributed by atoms with Gasteiger partial charge >= 0.3 is 12.1 Å². The van der Waals surface area contributed by atoms with Crippen molar-refractivity contribution in [2.24, 2.45) is 0 Å². The number of ether oxygens (including phenoxy) is 3. The van der Waals surface area contributed by atoms with Gasteiger partial charge in [0.2, 0.25) is 5.88 Å². The van der Waals surface area contributed by atoms with E-state index in [1.54, 1.807) is 24.3 Å². The van der Waals surface area contributed by atoms with Crippen molar-refractivity contribution >= 4 is 12.1 Å². The van der Waals surface area contributed by atoms with Crippen molar-refractivity contribution in [2.75, 3.05) is 26.8 Å². The van der Waals surface area contributed by atoms with Gasteiger partial charge in [-0.15, -0.1) is 0 Å². The van der Waals surface area contributed by atoms with Gasteiger partial charge < -0.3 is 19.3 Å². The van der Waals surface area contributed by atoms with Crippen molar-refractivity contribution in [3.8, 4) is 11.6 Å². The molecule has 39 heavy (non-hydrogen) atoms. The fraction of sp³-hybridized carbons (Fsp3) is 0.367. The third-order valence-electron chi connectivity index (χ3n) is 7.45. The van der Waals surface area contributed by atoms with Crippen molar-refractivity contribution in [1.82, 2.24) is 14.8 Å². The lowest BCUT2D eigenvalue weighted by Gasteiger charge is -2.38. The Kier molecular flexibility index (Phi) is 8.09. The van der Waals surface area contributed by atoms with Gasteiger partial charge in [0.25, 0.3) is 0 Å². The van der Waals surface area contributed by atoms with Crippen LogP contribution in [0, 0.1) is 6.92 Å². The Morgan fingerprint density at radius 2 is 1.79 bits per heavy atom. The first-order valence-electron chi connectivity index (χ1n) is 13.2. The topological polar surface area (TPSA) is 101 Å². The van der Waals surface area contributed by atoms with Gasteiger partial charge in [-0.25, -0.2) is 14.6 Å². The molecule has 204 valence electrons. The number of amides is 1. The SMILES string of the molecule is COC(=O)C(O)c1ccc(Oc2ccc(CN3CCC(N4C(=O)OC[C@H]4c4ccccc4)CC3)c(C)n2)cc1. The molecular weight excluding hydrogens is 498 g/mol. The van der Waals surface area contributed by atoms with Gasteiger partial charge in [-0.05, 0) is 48.6 Å². The maximum Gasteiger partial charge on any atom is 0.410 e. The zero-order valence-corrected chi connectivity index (χ0v) is 22.2. The zero-order chi connectivity index (χ0) is 27.4. The molecule has 3 aromatic rings. The zero-order valence-electron chi connectivity index (χ0n) is 22.2. The van der Waals surface area contributed by atoms with E-state index in [1.165, 1.54) is 7.11 Å². The number of rotatable bonds is 8. The van der Waals surface area contributed by atoms with Crippen LogP contribution in [0.15, 0.2) is 66.7 Å². The molecule has 0 aliphatic carbocycles. The standard InChI is InChI=1S/C30H33N3O6/c1-20-23(10-13-27(31-20)39-25-11-8-22(9-12-25)28(34)29(35)37-2)18-32-16-14-24(15-17-32)33-26(19-38-30(33)36)21-6-4-3-5-7-21/h3-13,24,26,28,34H,14-19H2,1-2H3/t26-,28?/m0/s1. The molecule has 3 heterocycles. The number of carbonyl (C=O) groups excluding carboxylic acids is 2. The summed E-state index contributed by atoms with van der Waals surface area (Å²) in [5.41, 5.74) is 3.55. The fourth-order valence-corrected chi connectivity index (χ4v) is 5.24. The molecule has 2 aliphatic rings. The van der Waals surface area contributed by atoms with Gasteiger partial charge in [-0.3, -0.25) is 9.80 Å². The maximum atomic E-state index is 12.6. The molecule has 2 aromatic carbocycles. The van der Waals surface area contributed by atoms with Crippen LogP contribution in [0.1, 0.15) is 47.4 Å². The summed E-state index contributed by atoms with van der Waals surface area (Å²) in [7, 11) is 1.23. The molecule has 9 nitrogen and oxygen atoms in total. The summed E-state index contributed by atoms with van der Waals surface area (Å²) < 4.78 is 15.9. The third-order valence-corrected chi connectivity index (χ3v) is 7.45. The first-order chi connectivity index (χ1) is 18.9. The molecule has 2 aliphatic heterocycles.